The SMILES string of the molecule is CNC(=O)C(Cc1ccccc1)N(Cc1c(Cl)cccc1Cl)C(=O)CN(c1ccccc1C)S(=O)(=O)c1ccc(C)cc1. The van der Waals surface area contributed by atoms with Crippen LogP contribution in [-0.4, -0.2) is 44.8 Å². The molecule has 4 rings (SSSR count). The van der Waals surface area contributed by atoms with Gasteiger partial charge >= 0.3 is 0 Å². The van der Waals surface area contributed by atoms with Gasteiger partial charge in [-0.15, -0.1) is 0 Å². The van der Waals surface area contributed by atoms with Crippen LogP contribution in [0.15, 0.2) is 102 Å². The molecule has 43 heavy (non-hydrogen) atoms. The minimum absolute atomic E-state index is 0.0435. The summed E-state index contributed by atoms with van der Waals surface area (Å²) in [5.74, 6) is -1.01. The number of nitrogens with zero attached hydrogens (tertiary/aromatic N) is 2. The fourth-order valence-electron chi connectivity index (χ4n) is 4.77. The lowest BCUT2D eigenvalue weighted by Gasteiger charge is -2.34. The van der Waals surface area contributed by atoms with Crippen molar-refractivity contribution in [3.05, 3.63) is 129 Å². The third kappa shape index (κ3) is 7.57. The zero-order valence-corrected chi connectivity index (χ0v) is 26.5. The molecule has 0 saturated heterocycles. The van der Waals surface area contributed by atoms with E-state index < -0.39 is 34.4 Å². The summed E-state index contributed by atoms with van der Waals surface area (Å²) in [5, 5.41) is 3.31. The number of likely N-dealkylation sites (N-methyl/N-ethyl adjacent to an activating group) is 1. The first-order valence-corrected chi connectivity index (χ1v) is 15.9. The summed E-state index contributed by atoms with van der Waals surface area (Å²) in [6.45, 7) is 2.96. The first kappa shape index (κ1) is 32.1. The average molecular weight is 639 g/mol. The molecule has 0 saturated carbocycles. The fraction of sp³-hybridized carbons (Fsp3) is 0.212. The number of benzene rings is 4. The number of rotatable bonds is 11. The molecule has 224 valence electrons. The van der Waals surface area contributed by atoms with Crippen molar-refractivity contribution in [2.24, 2.45) is 0 Å². The van der Waals surface area contributed by atoms with Crippen LogP contribution >= 0.6 is 23.2 Å². The van der Waals surface area contributed by atoms with E-state index in [-0.39, 0.29) is 17.9 Å². The van der Waals surface area contributed by atoms with Crippen molar-refractivity contribution in [3.63, 3.8) is 0 Å². The molecule has 2 amide bonds. The minimum Gasteiger partial charge on any atom is -0.357 e. The lowest BCUT2D eigenvalue weighted by Crippen LogP contribution is -2.53. The molecular formula is C33H33Cl2N3O4S. The summed E-state index contributed by atoms with van der Waals surface area (Å²) >= 11 is 13.0. The van der Waals surface area contributed by atoms with Gasteiger partial charge in [0.15, 0.2) is 0 Å². The van der Waals surface area contributed by atoms with E-state index in [1.165, 1.54) is 24.1 Å². The van der Waals surface area contributed by atoms with Gasteiger partial charge in [0.05, 0.1) is 10.6 Å². The molecule has 0 radical (unpaired) electrons. The second kappa shape index (κ2) is 14.1. The summed E-state index contributed by atoms with van der Waals surface area (Å²) in [4.78, 5) is 29.2. The number of carbonyl (C=O) groups is 2. The molecule has 1 unspecified atom stereocenters. The van der Waals surface area contributed by atoms with Gasteiger partial charge in [-0.2, -0.15) is 0 Å². The van der Waals surface area contributed by atoms with Crippen molar-refractivity contribution in [1.29, 1.82) is 0 Å². The van der Waals surface area contributed by atoms with Crippen molar-refractivity contribution < 1.29 is 18.0 Å². The predicted molar refractivity (Wildman–Crippen MR) is 172 cm³/mol. The Balaban J connectivity index is 1.83. The van der Waals surface area contributed by atoms with E-state index in [0.717, 1.165) is 15.4 Å². The van der Waals surface area contributed by atoms with Gasteiger partial charge in [0.25, 0.3) is 10.0 Å². The van der Waals surface area contributed by atoms with Gasteiger partial charge in [0, 0.05) is 35.6 Å². The molecule has 7 nitrogen and oxygen atoms in total. The van der Waals surface area contributed by atoms with E-state index in [0.29, 0.717) is 26.9 Å². The number of hydrogen-bond donors (Lipinski definition) is 1. The predicted octanol–water partition coefficient (Wildman–Crippen LogP) is 6.19. The molecule has 1 atom stereocenters. The second-order valence-corrected chi connectivity index (χ2v) is 12.8. The molecule has 10 heteroatoms. The summed E-state index contributed by atoms with van der Waals surface area (Å²) < 4.78 is 29.3. The molecule has 0 aromatic heterocycles. The molecule has 0 spiro atoms. The van der Waals surface area contributed by atoms with Gasteiger partial charge in [-0.1, -0.05) is 95.5 Å². The molecule has 0 bridgehead atoms. The highest BCUT2D eigenvalue weighted by Crippen LogP contribution is 2.30. The van der Waals surface area contributed by atoms with Crippen molar-refractivity contribution >= 4 is 50.7 Å². The molecule has 4 aromatic rings. The molecule has 0 fully saturated rings. The van der Waals surface area contributed by atoms with Crippen LogP contribution in [0.2, 0.25) is 10.0 Å². The second-order valence-electron chi connectivity index (χ2n) is 10.2. The maximum atomic E-state index is 14.4. The number of anilines is 1. The van der Waals surface area contributed by atoms with Gasteiger partial charge in [-0.3, -0.25) is 13.9 Å². The summed E-state index contributed by atoms with van der Waals surface area (Å²) in [7, 11) is -2.70. The van der Waals surface area contributed by atoms with E-state index in [2.05, 4.69) is 5.32 Å². The van der Waals surface area contributed by atoms with E-state index in [1.807, 2.05) is 37.3 Å². The fourth-order valence-corrected chi connectivity index (χ4v) is 6.76. The molecule has 0 aliphatic rings. The number of sulfonamides is 1. The molecule has 0 aliphatic carbocycles. The highest BCUT2D eigenvalue weighted by atomic mass is 35.5. The Morgan fingerprint density at radius 1 is 0.814 bits per heavy atom. The van der Waals surface area contributed by atoms with E-state index in [1.54, 1.807) is 61.5 Å². The molecule has 0 aliphatic heterocycles. The zero-order chi connectivity index (χ0) is 31.1. The van der Waals surface area contributed by atoms with Crippen LogP contribution in [0.1, 0.15) is 22.3 Å². The van der Waals surface area contributed by atoms with Crippen molar-refractivity contribution in [3.8, 4) is 0 Å². The third-order valence-corrected chi connectivity index (χ3v) is 9.66. The van der Waals surface area contributed by atoms with E-state index in [9.17, 15) is 18.0 Å². The van der Waals surface area contributed by atoms with Gasteiger partial charge in [-0.25, -0.2) is 8.42 Å². The molecule has 0 heterocycles. The van der Waals surface area contributed by atoms with Crippen molar-refractivity contribution in [2.75, 3.05) is 17.9 Å². The first-order valence-electron chi connectivity index (χ1n) is 13.7. The van der Waals surface area contributed by atoms with Gasteiger partial charge in [-0.05, 0) is 55.3 Å². The molecular weight excluding hydrogens is 605 g/mol. The van der Waals surface area contributed by atoms with E-state index >= 15 is 0 Å². The number of aryl methyl sites for hydroxylation is 2. The van der Waals surface area contributed by atoms with Crippen LogP contribution in [0.5, 0.6) is 0 Å². The highest BCUT2D eigenvalue weighted by Gasteiger charge is 2.35. The monoisotopic (exact) mass is 637 g/mol. The number of halogens is 2. The topological polar surface area (TPSA) is 86.8 Å². The minimum atomic E-state index is -4.19. The highest BCUT2D eigenvalue weighted by molar-refractivity contribution is 7.92. The normalized spacial score (nSPS) is 11.9. The summed E-state index contributed by atoms with van der Waals surface area (Å²) in [5.41, 5.74) is 3.19. The Kier molecular flexibility index (Phi) is 10.5. The number of hydrogen-bond acceptors (Lipinski definition) is 4. The first-order chi connectivity index (χ1) is 20.5. The van der Waals surface area contributed by atoms with Crippen molar-refractivity contribution in [1.82, 2.24) is 10.2 Å². The van der Waals surface area contributed by atoms with Gasteiger partial charge in [0.2, 0.25) is 11.8 Å². The maximum Gasteiger partial charge on any atom is 0.264 e. The Hall–Kier alpha value is -3.85. The maximum absolute atomic E-state index is 14.4. The average Bonchev–Trinajstić information content (AvgIpc) is 2.99. The van der Waals surface area contributed by atoms with Gasteiger partial charge in [0.1, 0.15) is 12.6 Å². The van der Waals surface area contributed by atoms with Crippen LogP contribution < -0.4 is 9.62 Å². The zero-order valence-electron chi connectivity index (χ0n) is 24.1. The quantitative estimate of drug-likeness (QED) is 0.212. The lowest BCUT2D eigenvalue weighted by atomic mass is 10.0. The summed E-state index contributed by atoms with van der Waals surface area (Å²) in [6, 6.07) is 26.7. The van der Waals surface area contributed by atoms with Crippen LogP contribution in [0.4, 0.5) is 5.69 Å². The number of para-hydroxylation sites is 1. The van der Waals surface area contributed by atoms with Gasteiger partial charge < -0.3 is 10.2 Å². The van der Waals surface area contributed by atoms with Crippen LogP contribution in [0.3, 0.4) is 0 Å². The standard InChI is InChI=1S/C33H33Cl2N3O4S/c1-23-16-18-26(19-17-23)43(41,42)38(30-15-8-7-10-24(30)2)22-32(39)37(21-27-28(34)13-9-14-29(27)35)31(33(40)36-3)20-25-11-5-4-6-12-25/h4-19,31H,20-22H2,1-3H3,(H,36,40). The molecule has 1 N–H and O–H groups in total. The number of carbonyl (C=O) groups excluding carboxylic acids is 2. The lowest BCUT2D eigenvalue weighted by molar-refractivity contribution is -0.139. The van der Waals surface area contributed by atoms with Crippen LogP contribution in [-0.2, 0) is 32.6 Å². The largest absolute Gasteiger partial charge is 0.357 e. The Morgan fingerprint density at radius 3 is 2.02 bits per heavy atom. The third-order valence-electron chi connectivity index (χ3n) is 7.18. The Labute approximate surface area is 263 Å². The number of nitrogens with one attached hydrogen (secondary N) is 1. The van der Waals surface area contributed by atoms with E-state index in [4.69, 9.17) is 23.2 Å². The van der Waals surface area contributed by atoms with Crippen LogP contribution in [0.25, 0.3) is 0 Å². The smallest absolute Gasteiger partial charge is 0.264 e. The Morgan fingerprint density at radius 2 is 1.42 bits per heavy atom. The number of amides is 2. The Bertz CT molecular complexity index is 1680. The van der Waals surface area contributed by atoms with Crippen LogP contribution in [0, 0.1) is 13.8 Å². The van der Waals surface area contributed by atoms with Crippen molar-refractivity contribution in [2.45, 2.75) is 37.8 Å². The summed E-state index contributed by atoms with van der Waals surface area (Å²) in [6.07, 6.45) is 0.184. The molecule has 4 aromatic carbocycles.